The molecule has 0 aliphatic heterocycles. The van der Waals surface area contributed by atoms with Crippen LogP contribution in [0, 0.1) is 0 Å². The average molecular weight is 250 g/mol. The fraction of sp³-hybridized carbons (Fsp3) is 0.462. The first-order chi connectivity index (χ1) is 8.19. The van der Waals surface area contributed by atoms with Crippen LogP contribution in [0.2, 0.25) is 0 Å². The number of hydrogen-bond donors (Lipinski definition) is 1. The first-order valence-electron chi connectivity index (χ1n) is 5.96. The fourth-order valence-electron chi connectivity index (χ4n) is 1.49. The van der Waals surface area contributed by atoms with Gasteiger partial charge in [-0.2, -0.15) is 0 Å². The SMILES string of the molecule is CCc1ccc(-c2nc(CNC(C)C)co2)s1. The topological polar surface area (TPSA) is 38.1 Å². The second-order valence-electron chi connectivity index (χ2n) is 4.30. The summed E-state index contributed by atoms with van der Waals surface area (Å²) in [6, 6.07) is 4.68. The molecular formula is C13H18N2OS. The summed E-state index contributed by atoms with van der Waals surface area (Å²) in [6.07, 6.45) is 2.79. The average Bonchev–Trinajstić information content (AvgIpc) is 2.94. The monoisotopic (exact) mass is 250 g/mol. The second kappa shape index (κ2) is 5.47. The number of oxazole rings is 1. The Morgan fingerprint density at radius 1 is 1.41 bits per heavy atom. The van der Waals surface area contributed by atoms with Crippen LogP contribution in [0.25, 0.3) is 10.8 Å². The molecule has 0 fully saturated rings. The normalized spacial score (nSPS) is 11.3. The quantitative estimate of drug-likeness (QED) is 0.883. The van der Waals surface area contributed by atoms with Crippen molar-refractivity contribution in [1.29, 1.82) is 0 Å². The van der Waals surface area contributed by atoms with Gasteiger partial charge in [-0.25, -0.2) is 4.98 Å². The summed E-state index contributed by atoms with van der Waals surface area (Å²) in [5, 5.41) is 3.32. The van der Waals surface area contributed by atoms with E-state index in [-0.39, 0.29) is 0 Å². The van der Waals surface area contributed by atoms with Crippen LogP contribution in [0.4, 0.5) is 0 Å². The van der Waals surface area contributed by atoms with Crippen LogP contribution >= 0.6 is 11.3 Å². The third-order valence-electron chi connectivity index (χ3n) is 2.46. The number of nitrogens with one attached hydrogen (secondary N) is 1. The lowest BCUT2D eigenvalue weighted by Crippen LogP contribution is -2.21. The summed E-state index contributed by atoms with van der Waals surface area (Å²) < 4.78 is 5.50. The molecule has 0 spiro atoms. The van der Waals surface area contributed by atoms with E-state index >= 15 is 0 Å². The Hall–Kier alpha value is -1.13. The lowest BCUT2D eigenvalue weighted by Gasteiger charge is -2.03. The van der Waals surface area contributed by atoms with Gasteiger partial charge in [-0.1, -0.05) is 20.8 Å². The van der Waals surface area contributed by atoms with Gasteiger partial charge in [0, 0.05) is 17.5 Å². The number of thiophene rings is 1. The van der Waals surface area contributed by atoms with E-state index in [1.165, 1.54) is 4.88 Å². The molecule has 0 amide bonds. The molecule has 2 rings (SSSR count). The first-order valence-corrected chi connectivity index (χ1v) is 6.77. The molecule has 2 aromatic heterocycles. The van der Waals surface area contributed by atoms with Crippen LogP contribution in [0.15, 0.2) is 22.8 Å². The van der Waals surface area contributed by atoms with E-state index in [4.69, 9.17) is 4.42 Å². The highest BCUT2D eigenvalue weighted by Gasteiger charge is 2.09. The first kappa shape index (κ1) is 12.3. The maximum atomic E-state index is 5.50. The van der Waals surface area contributed by atoms with Crippen LogP contribution in [0.3, 0.4) is 0 Å². The van der Waals surface area contributed by atoms with Crippen molar-refractivity contribution >= 4 is 11.3 Å². The van der Waals surface area contributed by atoms with Gasteiger partial charge >= 0.3 is 0 Å². The number of aromatic nitrogens is 1. The highest BCUT2D eigenvalue weighted by atomic mass is 32.1. The van der Waals surface area contributed by atoms with E-state index in [0.717, 1.165) is 29.4 Å². The van der Waals surface area contributed by atoms with Gasteiger partial charge in [0.05, 0.1) is 10.6 Å². The van der Waals surface area contributed by atoms with Crippen LogP contribution in [0.5, 0.6) is 0 Å². The highest BCUT2D eigenvalue weighted by molar-refractivity contribution is 7.15. The minimum atomic E-state index is 0.462. The Labute approximate surface area is 106 Å². The van der Waals surface area contributed by atoms with Crippen molar-refractivity contribution in [2.24, 2.45) is 0 Å². The Morgan fingerprint density at radius 2 is 2.24 bits per heavy atom. The molecule has 0 unspecified atom stereocenters. The minimum Gasteiger partial charge on any atom is -0.444 e. The highest BCUT2D eigenvalue weighted by Crippen LogP contribution is 2.27. The largest absolute Gasteiger partial charge is 0.444 e. The zero-order valence-corrected chi connectivity index (χ0v) is 11.3. The maximum absolute atomic E-state index is 5.50. The Morgan fingerprint density at radius 3 is 2.88 bits per heavy atom. The van der Waals surface area contributed by atoms with E-state index in [1.807, 2.05) is 0 Å². The predicted molar refractivity (Wildman–Crippen MR) is 71.2 cm³/mol. The lowest BCUT2D eigenvalue weighted by molar-refractivity contribution is 0.561. The molecule has 0 aliphatic rings. The summed E-state index contributed by atoms with van der Waals surface area (Å²) >= 11 is 1.75. The minimum absolute atomic E-state index is 0.462. The molecule has 4 heteroatoms. The van der Waals surface area contributed by atoms with Crippen molar-refractivity contribution in [3.8, 4) is 10.8 Å². The fourth-order valence-corrected chi connectivity index (χ4v) is 2.37. The zero-order valence-electron chi connectivity index (χ0n) is 10.5. The molecule has 0 radical (unpaired) electrons. The van der Waals surface area contributed by atoms with Gasteiger partial charge in [0.1, 0.15) is 6.26 Å². The molecule has 0 aromatic carbocycles. The van der Waals surface area contributed by atoms with Gasteiger partial charge in [-0.15, -0.1) is 11.3 Å². The summed E-state index contributed by atoms with van der Waals surface area (Å²) in [4.78, 5) is 6.95. The maximum Gasteiger partial charge on any atom is 0.236 e. The van der Waals surface area contributed by atoms with Gasteiger partial charge < -0.3 is 9.73 Å². The van der Waals surface area contributed by atoms with Crippen molar-refractivity contribution in [1.82, 2.24) is 10.3 Å². The molecule has 0 aliphatic carbocycles. The van der Waals surface area contributed by atoms with Crippen molar-refractivity contribution in [3.05, 3.63) is 29.0 Å². The van der Waals surface area contributed by atoms with Crippen molar-refractivity contribution < 1.29 is 4.42 Å². The van der Waals surface area contributed by atoms with Crippen molar-refractivity contribution in [3.63, 3.8) is 0 Å². The third kappa shape index (κ3) is 3.17. The van der Waals surface area contributed by atoms with E-state index in [0.29, 0.717) is 6.04 Å². The van der Waals surface area contributed by atoms with Gasteiger partial charge in [-0.05, 0) is 18.6 Å². The van der Waals surface area contributed by atoms with E-state index in [2.05, 4.69) is 43.2 Å². The number of aryl methyl sites for hydroxylation is 1. The summed E-state index contributed by atoms with van der Waals surface area (Å²) in [7, 11) is 0. The Bertz CT molecular complexity index is 473. The molecule has 1 N–H and O–H groups in total. The standard InChI is InChI=1S/C13H18N2OS/c1-4-11-5-6-12(17-11)13-15-10(8-16-13)7-14-9(2)3/h5-6,8-9,14H,4,7H2,1-3H3. The molecule has 0 bridgehead atoms. The molecule has 3 nitrogen and oxygen atoms in total. The van der Waals surface area contributed by atoms with E-state index < -0.39 is 0 Å². The number of nitrogens with zero attached hydrogens (tertiary/aromatic N) is 1. The van der Waals surface area contributed by atoms with Crippen molar-refractivity contribution in [2.75, 3.05) is 0 Å². The van der Waals surface area contributed by atoms with Crippen LogP contribution in [0.1, 0.15) is 31.3 Å². The molecule has 0 saturated heterocycles. The van der Waals surface area contributed by atoms with Gasteiger partial charge in [0.25, 0.3) is 0 Å². The van der Waals surface area contributed by atoms with Gasteiger partial charge in [-0.3, -0.25) is 0 Å². The van der Waals surface area contributed by atoms with Gasteiger partial charge in [0.15, 0.2) is 0 Å². The molecule has 2 aromatic rings. The molecular weight excluding hydrogens is 232 g/mol. The van der Waals surface area contributed by atoms with Crippen LogP contribution in [-0.2, 0) is 13.0 Å². The number of hydrogen-bond acceptors (Lipinski definition) is 4. The van der Waals surface area contributed by atoms with Gasteiger partial charge in [0.2, 0.25) is 5.89 Å². The Kier molecular flexibility index (Phi) is 3.97. The second-order valence-corrected chi connectivity index (χ2v) is 5.47. The van der Waals surface area contributed by atoms with Crippen LogP contribution in [-0.4, -0.2) is 11.0 Å². The predicted octanol–water partition coefficient (Wildman–Crippen LogP) is 3.46. The molecule has 2 heterocycles. The van der Waals surface area contributed by atoms with Crippen molar-refractivity contribution in [2.45, 2.75) is 39.8 Å². The lowest BCUT2D eigenvalue weighted by atomic mass is 10.3. The molecule has 0 atom stereocenters. The summed E-state index contributed by atoms with van der Waals surface area (Å²) in [5.41, 5.74) is 0.958. The molecule has 92 valence electrons. The number of rotatable bonds is 5. The van der Waals surface area contributed by atoms with E-state index in [1.54, 1.807) is 17.6 Å². The summed E-state index contributed by atoms with van der Waals surface area (Å²) in [5.74, 6) is 0.732. The molecule has 0 saturated carbocycles. The smallest absolute Gasteiger partial charge is 0.236 e. The van der Waals surface area contributed by atoms with Crippen LogP contribution < -0.4 is 5.32 Å². The molecule has 17 heavy (non-hydrogen) atoms. The summed E-state index contributed by atoms with van der Waals surface area (Å²) in [6.45, 7) is 7.15. The third-order valence-corrected chi connectivity index (χ3v) is 3.68. The Balaban J connectivity index is 2.07. The zero-order chi connectivity index (χ0) is 12.3. The van der Waals surface area contributed by atoms with E-state index in [9.17, 15) is 0 Å².